The zero-order valence-corrected chi connectivity index (χ0v) is 10.3. The molecule has 1 aliphatic carbocycles. The van der Waals surface area contributed by atoms with Gasteiger partial charge in [-0.05, 0) is 33.6 Å². The SMILES string of the molecule is CC(C)(C)OCCn1ccn(C2CC2)c1=O. The van der Waals surface area contributed by atoms with E-state index in [0.717, 1.165) is 12.8 Å². The molecule has 0 spiro atoms. The minimum absolute atomic E-state index is 0.0972. The lowest BCUT2D eigenvalue weighted by molar-refractivity contribution is -0.00715. The lowest BCUT2D eigenvalue weighted by Gasteiger charge is -2.19. The van der Waals surface area contributed by atoms with Crippen LogP contribution in [0.5, 0.6) is 0 Å². The van der Waals surface area contributed by atoms with E-state index in [4.69, 9.17) is 4.74 Å². The van der Waals surface area contributed by atoms with Gasteiger partial charge in [0.1, 0.15) is 0 Å². The van der Waals surface area contributed by atoms with Crippen molar-refractivity contribution in [2.75, 3.05) is 6.61 Å². The van der Waals surface area contributed by atoms with Gasteiger partial charge in [0.2, 0.25) is 0 Å². The fraction of sp³-hybridized carbons (Fsp3) is 0.750. The van der Waals surface area contributed by atoms with E-state index < -0.39 is 0 Å². The molecule has 0 N–H and O–H groups in total. The molecule has 4 nitrogen and oxygen atoms in total. The third-order valence-corrected chi connectivity index (χ3v) is 2.68. The lowest BCUT2D eigenvalue weighted by Crippen LogP contribution is -2.27. The zero-order chi connectivity index (χ0) is 11.8. The summed E-state index contributed by atoms with van der Waals surface area (Å²) in [5, 5.41) is 0. The molecule has 0 bridgehead atoms. The molecule has 2 rings (SSSR count). The van der Waals surface area contributed by atoms with E-state index >= 15 is 0 Å². The van der Waals surface area contributed by atoms with Gasteiger partial charge in [0.15, 0.2) is 0 Å². The molecule has 0 atom stereocenters. The van der Waals surface area contributed by atoms with E-state index in [9.17, 15) is 4.79 Å². The summed E-state index contributed by atoms with van der Waals surface area (Å²) in [5.41, 5.74) is -0.0390. The van der Waals surface area contributed by atoms with Crippen LogP contribution < -0.4 is 5.69 Å². The van der Waals surface area contributed by atoms with E-state index in [0.29, 0.717) is 19.2 Å². The molecule has 0 aliphatic heterocycles. The second kappa shape index (κ2) is 4.09. The van der Waals surface area contributed by atoms with Gasteiger partial charge in [-0.2, -0.15) is 0 Å². The summed E-state index contributed by atoms with van der Waals surface area (Å²) in [6.07, 6.45) is 6.02. The van der Waals surface area contributed by atoms with E-state index in [1.165, 1.54) is 0 Å². The monoisotopic (exact) mass is 224 g/mol. The predicted molar refractivity (Wildman–Crippen MR) is 62.7 cm³/mol. The Morgan fingerprint density at radius 1 is 1.38 bits per heavy atom. The maximum absolute atomic E-state index is 11.9. The Labute approximate surface area is 95.8 Å². The second-order valence-electron chi connectivity index (χ2n) is 5.37. The fourth-order valence-corrected chi connectivity index (χ4v) is 1.68. The zero-order valence-electron chi connectivity index (χ0n) is 10.3. The Morgan fingerprint density at radius 2 is 2.06 bits per heavy atom. The first kappa shape index (κ1) is 11.5. The maximum Gasteiger partial charge on any atom is 0.328 e. The summed E-state index contributed by atoms with van der Waals surface area (Å²) in [6.45, 7) is 7.27. The highest BCUT2D eigenvalue weighted by Crippen LogP contribution is 2.33. The molecule has 1 aromatic heterocycles. The highest BCUT2D eigenvalue weighted by molar-refractivity contribution is 4.91. The van der Waals surface area contributed by atoms with Crippen LogP contribution in [-0.2, 0) is 11.3 Å². The van der Waals surface area contributed by atoms with Crippen molar-refractivity contribution < 1.29 is 4.74 Å². The first-order valence-corrected chi connectivity index (χ1v) is 5.88. The molecule has 0 aromatic carbocycles. The molecule has 1 heterocycles. The molecule has 16 heavy (non-hydrogen) atoms. The van der Waals surface area contributed by atoms with Crippen LogP contribution in [0.2, 0.25) is 0 Å². The van der Waals surface area contributed by atoms with Crippen LogP contribution in [-0.4, -0.2) is 21.3 Å². The van der Waals surface area contributed by atoms with Crippen molar-refractivity contribution in [1.82, 2.24) is 9.13 Å². The van der Waals surface area contributed by atoms with Gasteiger partial charge in [-0.15, -0.1) is 0 Å². The number of nitrogens with zero attached hydrogens (tertiary/aromatic N) is 2. The second-order valence-corrected chi connectivity index (χ2v) is 5.37. The highest BCUT2D eigenvalue weighted by atomic mass is 16.5. The Kier molecular flexibility index (Phi) is 2.93. The molecule has 0 amide bonds. The van der Waals surface area contributed by atoms with E-state index in [2.05, 4.69) is 0 Å². The molecule has 0 unspecified atom stereocenters. The van der Waals surface area contributed by atoms with Crippen molar-refractivity contribution in [2.24, 2.45) is 0 Å². The van der Waals surface area contributed by atoms with E-state index in [1.54, 1.807) is 4.57 Å². The van der Waals surface area contributed by atoms with Crippen LogP contribution in [0.25, 0.3) is 0 Å². The number of aromatic nitrogens is 2. The minimum atomic E-state index is -0.136. The molecule has 0 saturated heterocycles. The number of ether oxygens (including phenoxy) is 1. The minimum Gasteiger partial charge on any atom is -0.374 e. The van der Waals surface area contributed by atoms with Crippen molar-refractivity contribution in [1.29, 1.82) is 0 Å². The molecule has 0 radical (unpaired) electrons. The molecular weight excluding hydrogens is 204 g/mol. The summed E-state index contributed by atoms with van der Waals surface area (Å²) in [6, 6.07) is 0.456. The summed E-state index contributed by atoms with van der Waals surface area (Å²) in [5.74, 6) is 0. The van der Waals surface area contributed by atoms with Crippen LogP contribution in [0.4, 0.5) is 0 Å². The first-order valence-electron chi connectivity index (χ1n) is 5.88. The quantitative estimate of drug-likeness (QED) is 0.782. The van der Waals surface area contributed by atoms with Gasteiger partial charge < -0.3 is 4.74 Å². The lowest BCUT2D eigenvalue weighted by atomic mass is 10.2. The van der Waals surface area contributed by atoms with Crippen LogP contribution in [0.15, 0.2) is 17.2 Å². The maximum atomic E-state index is 11.9. The van der Waals surface area contributed by atoms with Crippen molar-refractivity contribution in [3.05, 3.63) is 22.9 Å². The van der Waals surface area contributed by atoms with Crippen molar-refractivity contribution in [2.45, 2.75) is 51.8 Å². The van der Waals surface area contributed by atoms with Gasteiger partial charge in [0, 0.05) is 18.4 Å². The van der Waals surface area contributed by atoms with Crippen molar-refractivity contribution in [3.8, 4) is 0 Å². The van der Waals surface area contributed by atoms with E-state index in [1.807, 2.05) is 37.7 Å². The van der Waals surface area contributed by atoms with Gasteiger partial charge in [-0.3, -0.25) is 9.13 Å². The first-order chi connectivity index (χ1) is 7.47. The summed E-state index contributed by atoms with van der Waals surface area (Å²) >= 11 is 0. The van der Waals surface area contributed by atoms with Gasteiger partial charge in [-0.25, -0.2) is 4.79 Å². The number of rotatable bonds is 4. The molecule has 90 valence electrons. The molecule has 1 saturated carbocycles. The molecule has 1 aliphatic rings. The van der Waals surface area contributed by atoms with Crippen LogP contribution in [0, 0.1) is 0 Å². The molecular formula is C12H20N2O2. The average molecular weight is 224 g/mol. The van der Waals surface area contributed by atoms with Crippen molar-refractivity contribution in [3.63, 3.8) is 0 Å². The van der Waals surface area contributed by atoms with Gasteiger partial charge >= 0.3 is 5.69 Å². The summed E-state index contributed by atoms with van der Waals surface area (Å²) in [7, 11) is 0. The largest absolute Gasteiger partial charge is 0.374 e. The molecule has 4 heteroatoms. The van der Waals surface area contributed by atoms with Crippen LogP contribution in [0.3, 0.4) is 0 Å². The average Bonchev–Trinajstić information content (AvgIpc) is 2.93. The topological polar surface area (TPSA) is 36.2 Å². The standard InChI is InChI=1S/C12H20N2O2/c1-12(2,3)16-9-8-13-6-7-14(11(13)15)10-4-5-10/h6-7,10H,4-5,8-9H2,1-3H3. The Hall–Kier alpha value is -1.03. The Bertz CT molecular complexity index is 407. The third kappa shape index (κ3) is 2.76. The predicted octanol–water partition coefficient (Wildman–Crippen LogP) is 1.80. The van der Waals surface area contributed by atoms with Crippen LogP contribution in [0.1, 0.15) is 39.7 Å². The highest BCUT2D eigenvalue weighted by Gasteiger charge is 2.25. The number of imidazole rings is 1. The summed E-state index contributed by atoms with van der Waals surface area (Å²) in [4.78, 5) is 11.9. The smallest absolute Gasteiger partial charge is 0.328 e. The Balaban J connectivity index is 1.92. The third-order valence-electron chi connectivity index (χ3n) is 2.68. The Morgan fingerprint density at radius 3 is 2.62 bits per heavy atom. The van der Waals surface area contributed by atoms with Gasteiger partial charge in [0.05, 0.1) is 18.8 Å². The summed E-state index contributed by atoms with van der Waals surface area (Å²) < 4.78 is 9.16. The van der Waals surface area contributed by atoms with E-state index in [-0.39, 0.29) is 11.3 Å². The molecule has 1 aromatic rings. The normalized spacial score (nSPS) is 16.7. The number of hydrogen-bond acceptors (Lipinski definition) is 2. The van der Waals surface area contributed by atoms with Crippen molar-refractivity contribution >= 4 is 0 Å². The molecule has 1 fully saturated rings. The van der Waals surface area contributed by atoms with Gasteiger partial charge in [0.25, 0.3) is 0 Å². The van der Waals surface area contributed by atoms with Gasteiger partial charge in [-0.1, -0.05) is 0 Å². The van der Waals surface area contributed by atoms with Crippen LogP contribution >= 0.6 is 0 Å². The fourth-order valence-electron chi connectivity index (χ4n) is 1.68. The number of hydrogen-bond donors (Lipinski definition) is 0.